The first-order valence-electron chi connectivity index (χ1n) is 12.6. The number of hydrogen-bond donors (Lipinski definition) is 0. The van der Waals surface area contributed by atoms with Crippen LogP contribution in [0.2, 0.25) is 0 Å². The Morgan fingerprint density at radius 2 is 1.70 bits per heavy atom. The molecule has 2 aliphatic rings. The third-order valence-corrected chi connectivity index (χ3v) is 7.04. The number of pyridine rings is 1. The quantitative estimate of drug-likeness (QED) is 0.316. The molecule has 5 rings (SSSR count). The zero-order valence-electron chi connectivity index (χ0n) is 21.9. The Kier molecular flexibility index (Phi) is 7.51. The van der Waals surface area contributed by atoms with E-state index in [1.165, 1.54) is 32.4 Å². The fraction of sp³-hybridized carbons (Fsp3) is 0.321. The van der Waals surface area contributed by atoms with Crippen LogP contribution >= 0.6 is 0 Å². The second-order valence-corrected chi connectivity index (χ2v) is 9.35. The van der Waals surface area contributed by atoms with E-state index >= 15 is 0 Å². The first kappa shape index (κ1) is 27.2. The number of alkyl halides is 3. The maximum atomic E-state index is 13.8. The van der Waals surface area contributed by atoms with E-state index in [-0.39, 0.29) is 23.7 Å². The summed E-state index contributed by atoms with van der Waals surface area (Å²) in [5, 5.41) is 0. The standard InChI is InChI=1S/C28H27F4N5O3/c1-39-25-8-3-18(28(30,31)32)15-24(25)37-23(16-26(38)40-2)21-17-33-10-9-22(21)34-27(37)36-13-11-35(12-14-36)20-6-4-19(29)5-7-20/h3-10,15,17,23H,11-14,16H2,1-2H3. The molecule has 1 saturated heterocycles. The van der Waals surface area contributed by atoms with E-state index in [2.05, 4.69) is 9.88 Å². The number of nitrogens with zero attached hydrogens (tertiary/aromatic N) is 5. The van der Waals surface area contributed by atoms with Crippen molar-refractivity contribution in [3.05, 3.63) is 77.9 Å². The summed E-state index contributed by atoms with van der Waals surface area (Å²) in [7, 11) is 2.63. The van der Waals surface area contributed by atoms with Gasteiger partial charge in [-0.05, 0) is 48.5 Å². The SMILES string of the molecule is COC(=O)CC1c2cnccc2N=C(N2CCN(c3ccc(F)cc3)CC2)N1c1cc(C(F)(F)F)ccc1OC. The van der Waals surface area contributed by atoms with Crippen LogP contribution in [0.1, 0.15) is 23.6 Å². The number of hydrogen-bond acceptors (Lipinski definition) is 8. The van der Waals surface area contributed by atoms with Gasteiger partial charge in [0.05, 0.1) is 43.6 Å². The van der Waals surface area contributed by atoms with Crippen LogP contribution in [0.15, 0.2) is 65.9 Å². The fourth-order valence-corrected chi connectivity index (χ4v) is 5.01. The van der Waals surface area contributed by atoms with E-state index in [1.54, 1.807) is 35.5 Å². The number of ether oxygens (including phenoxy) is 2. The smallest absolute Gasteiger partial charge is 0.416 e. The highest BCUT2D eigenvalue weighted by atomic mass is 19.4. The molecule has 0 spiro atoms. The lowest BCUT2D eigenvalue weighted by Crippen LogP contribution is -2.55. The maximum Gasteiger partial charge on any atom is 0.416 e. The van der Waals surface area contributed by atoms with Crippen LogP contribution in [0.3, 0.4) is 0 Å². The van der Waals surface area contributed by atoms with Gasteiger partial charge < -0.3 is 24.2 Å². The van der Waals surface area contributed by atoms with Gasteiger partial charge in [-0.1, -0.05) is 0 Å². The molecule has 3 aromatic rings. The minimum absolute atomic E-state index is 0.112. The molecular weight excluding hydrogens is 530 g/mol. The minimum atomic E-state index is -4.60. The van der Waals surface area contributed by atoms with Gasteiger partial charge in [0.1, 0.15) is 11.6 Å². The monoisotopic (exact) mass is 557 g/mol. The topological polar surface area (TPSA) is 70.5 Å². The van der Waals surface area contributed by atoms with Gasteiger partial charge in [0.2, 0.25) is 5.96 Å². The summed E-state index contributed by atoms with van der Waals surface area (Å²) in [6.45, 7) is 2.06. The van der Waals surface area contributed by atoms with E-state index in [1.807, 2.05) is 4.90 Å². The van der Waals surface area contributed by atoms with Crippen molar-refractivity contribution in [2.45, 2.75) is 18.6 Å². The molecule has 3 heterocycles. The molecule has 8 nitrogen and oxygen atoms in total. The van der Waals surface area contributed by atoms with Crippen molar-refractivity contribution >= 4 is 29.0 Å². The lowest BCUT2D eigenvalue weighted by Gasteiger charge is -2.45. The van der Waals surface area contributed by atoms with Crippen LogP contribution in [0, 0.1) is 5.82 Å². The number of guanidine groups is 1. The second-order valence-electron chi connectivity index (χ2n) is 9.35. The van der Waals surface area contributed by atoms with Crippen LogP contribution in [0.4, 0.5) is 34.6 Å². The van der Waals surface area contributed by atoms with Gasteiger partial charge in [0.25, 0.3) is 0 Å². The van der Waals surface area contributed by atoms with E-state index in [0.29, 0.717) is 43.4 Å². The summed E-state index contributed by atoms with van der Waals surface area (Å²) >= 11 is 0. The Labute approximate surface area is 228 Å². The first-order valence-corrected chi connectivity index (χ1v) is 12.6. The van der Waals surface area contributed by atoms with Crippen molar-refractivity contribution in [3.8, 4) is 5.75 Å². The van der Waals surface area contributed by atoms with Crippen LogP contribution < -0.4 is 14.5 Å². The second kappa shape index (κ2) is 11.0. The number of aliphatic imine (C=N–C) groups is 1. The van der Waals surface area contributed by atoms with E-state index in [4.69, 9.17) is 14.5 Å². The fourth-order valence-electron chi connectivity index (χ4n) is 5.01. The molecule has 0 bridgehead atoms. The average molecular weight is 558 g/mol. The molecule has 1 unspecified atom stereocenters. The van der Waals surface area contributed by atoms with Crippen molar-refractivity contribution in [2.24, 2.45) is 4.99 Å². The molecule has 0 radical (unpaired) electrons. The highest BCUT2D eigenvalue weighted by Crippen LogP contribution is 2.45. The zero-order valence-corrected chi connectivity index (χ0v) is 21.9. The lowest BCUT2D eigenvalue weighted by atomic mass is 9.98. The average Bonchev–Trinajstić information content (AvgIpc) is 2.96. The molecule has 0 N–H and O–H groups in total. The molecule has 1 aromatic heterocycles. The normalized spacial score (nSPS) is 17.3. The van der Waals surface area contributed by atoms with Crippen LogP contribution in [0.5, 0.6) is 5.75 Å². The largest absolute Gasteiger partial charge is 0.495 e. The number of esters is 1. The van der Waals surface area contributed by atoms with Crippen LogP contribution in [0.25, 0.3) is 0 Å². The number of anilines is 2. The number of carbonyl (C=O) groups excluding carboxylic acids is 1. The van der Waals surface area contributed by atoms with Crippen molar-refractivity contribution in [3.63, 3.8) is 0 Å². The Hall–Kier alpha value is -4.35. The summed E-state index contributed by atoms with van der Waals surface area (Å²) in [5.41, 5.74) is 1.24. The predicted octanol–water partition coefficient (Wildman–Crippen LogP) is 5.18. The minimum Gasteiger partial charge on any atom is -0.495 e. The van der Waals surface area contributed by atoms with Crippen molar-refractivity contribution in [1.82, 2.24) is 9.88 Å². The number of methoxy groups -OCH3 is 2. The molecule has 2 aromatic carbocycles. The number of rotatable bonds is 5. The number of piperazine rings is 1. The molecule has 2 aliphatic heterocycles. The predicted molar refractivity (Wildman–Crippen MR) is 141 cm³/mol. The van der Waals surface area contributed by atoms with Gasteiger partial charge >= 0.3 is 12.1 Å². The number of aromatic nitrogens is 1. The van der Waals surface area contributed by atoms with Crippen molar-refractivity contribution in [1.29, 1.82) is 0 Å². The van der Waals surface area contributed by atoms with Gasteiger partial charge in [-0.15, -0.1) is 0 Å². The number of halogens is 4. The van der Waals surface area contributed by atoms with E-state index in [0.717, 1.165) is 17.8 Å². The van der Waals surface area contributed by atoms with E-state index < -0.39 is 23.8 Å². The molecular formula is C28H27F4N5O3. The van der Waals surface area contributed by atoms with Crippen LogP contribution in [-0.2, 0) is 15.7 Å². The summed E-state index contributed by atoms with van der Waals surface area (Å²) in [4.78, 5) is 27.3. The first-order chi connectivity index (χ1) is 19.2. The van der Waals surface area contributed by atoms with Gasteiger partial charge in [-0.3, -0.25) is 9.78 Å². The molecule has 12 heteroatoms. The molecule has 210 valence electrons. The Morgan fingerprint density at radius 3 is 2.35 bits per heavy atom. The van der Waals surface area contributed by atoms with Gasteiger partial charge in [0, 0.05) is 49.8 Å². The Bertz CT molecular complexity index is 1410. The Morgan fingerprint density at radius 1 is 1.00 bits per heavy atom. The van der Waals surface area contributed by atoms with Gasteiger partial charge in [0.15, 0.2) is 0 Å². The summed E-state index contributed by atoms with van der Waals surface area (Å²) in [6, 6.07) is 10.4. The highest BCUT2D eigenvalue weighted by Gasteiger charge is 2.40. The molecule has 1 atom stereocenters. The van der Waals surface area contributed by atoms with Crippen molar-refractivity contribution in [2.75, 3.05) is 50.2 Å². The third-order valence-electron chi connectivity index (χ3n) is 7.04. The molecule has 40 heavy (non-hydrogen) atoms. The molecule has 0 amide bonds. The summed E-state index contributed by atoms with van der Waals surface area (Å²) in [5.74, 6) is -0.301. The van der Waals surface area contributed by atoms with Crippen molar-refractivity contribution < 1.29 is 31.8 Å². The van der Waals surface area contributed by atoms with Gasteiger partial charge in [-0.2, -0.15) is 13.2 Å². The Balaban J connectivity index is 1.59. The number of carbonyl (C=O) groups is 1. The lowest BCUT2D eigenvalue weighted by molar-refractivity contribution is -0.141. The van der Waals surface area contributed by atoms with E-state index in [9.17, 15) is 22.4 Å². The summed E-state index contributed by atoms with van der Waals surface area (Å²) in [6.07, 6.45) is -1.64. The zero-order chi connectivity index (χ0) is 28.4. The number of fused-ring (bicyclic) bond motifs is 1. The summed E-state index contributed by atoms with van der Waals surface area (Å²) < 4.78 is 65.4. The third kappa shape index (κ3) is 5.38. The van der Waals surface area contributed by atoms with Crippen LogP contribution in [-0.4, -0.2) is 62.2 Å². The molecule has 1 fully saturated rings. The molecule has 0 aliphatic carbocycles. The number of benzene rings is 2. The molecule has 0 saturated carbocycles. The highest BCUT2D eigenvalue weighted by molar-refractivity contribution is 6.02. The van der Waals surface area contributed by atoms with Gasteiger partial charge in [-0.25, -0.2) is 9.38 Å². The maximum absolute atomic E-state index is 13.8.